The third kappa shape index (κ3) is 4.53. The molecule has 0 aliphatic carbocycles. The summed E-state index contributed by atoms with van der Waals surface area (Å²) in [6, 6.07) is 15.1. The predicted molar refractivity (Wildman–Crippen MR) is 142 cm³/mol. The molecule has 5 heterocycles. The van der Waals surface area contributed by atoms with Crippen LogP contribution in [-0.4, -0.2) is 50.4 Å². The molecule has 0 bridgehead atoms. The third-order valence-electron chi connectivity index (χ3n) is 7.36. The van der Waals surface area contributed by atoms with E-state index >= 15 is 0 Å². The molecule has 6 nitrogen and oxygen atoms in total. The van der Waals surface area contributed by atoms with E-state index in [0.29, 0.717) is 6.04 Å². The van der Waals surface area contributed by atoms with Gasteiger partial charge in [0.15, 0.2) is 0 Å². The summed E-state index contributed by atoms with van der Waals surface area (Å²) in [4.78, 5) is 11.9. The summed E-state index contributed by atoms with van der Waals surface area (Å²) in [5.41, 5.74) is 6.49. The molecule has 182 valence electrons. The second-order valence-electron chi connectivity index (χ2n) is 9.31. The van der Waals surface area contributed by atoms with E-state index in [2.05, 4.69) is 50.7 Å². The Labute approximate surface area is 212 Å². The highest BCUT2D eigenvalue weighted by atomic mass is 35.5. The minimum absolute atomic E-state index is 0. The van der Waals surface area contributed by atoms with E-state index in [-0.39, 0.29) is 12.4 Å². The SMILES string of the molecule is CCN1CCCC1CCOc1ccc2c(-c3c(-c4ccccn4)nn4c3CCC4)ccnc2c1.Cl. The number of hydrogen-bond donors (Lipinski definition) is 0. The van der Waals surface area contributed by atoms with Crippen LogP contribution in [-0.2, 0) is 13.0 Å². The van der Waals surface area contributed by atoms with Crippen LogP contribution in [0.15, 0.2) is 54.9 Å². The van der Waals surface area contributed by atoms with Gasteiger partial charge < -0.3 is 9.64 Å². The summed E-state index contributed by atoms with van der Waals surface area (Å²) < 4.78 is 8.33. The lowest BCUT2D eigenvalue weighted by atomic mass is 9.96. The topological polar surface area (TPSA) is 56.1 Å². The fourth-order valence-electron chi connectivity index (χ4n) is 5.68. The average molecular weight is 490 g/mol. The molecular weight excluding hydrogens is 458 g/mol. The Hall–Kier alpha value is -2.96. The highest BCUT2D eigenvalue weighted by molar-refractivity contribution is 5.99. The number of benzene rings is 1. The van der Waals surface area contributed by atoms with Gasteiger partial charge in [0, 0.05) is 47.7 Å². The number of rotatable bonds is 7. The standard InChI is InChI=1S/C28H31N5O.ClH/c1-2-32-16-5-7-20(32)13-18-34-21-10-11-22-23(12-15-30-25(22)19-21)27-26-9-6-17-33(26)31-28(27)24-8-3-4-14-29-24;/h3-4,8,10-12,14-15,19-20H,2,5-7,9,13,16-18H2,1H3;1H. The summed E-state index contributed by atoms with van der Waals surface area (Å²) in [5, 5.41) is 6.09. The second kappa shape index (κ2) is 10.3. The Kier molecular flexibility index (Phi) is 7.02. The van der Waals surface area contributed by atoms with E-state index in [1.54, 1.807) is 0 Å². The molecule has 0 N–H and O–H groups in total. The number of ether oxygens (including phenoxy) is 1. The van der Waals surface area contributed by atoms with Crippen molar-refractivity contribution in [2.45, 2.75) is 51.6 Å². The van der Waals surface area contributed by atoms with Crippen LogP contribution in [0.5, 0.6) is 5.75 Å². The molecule has 0 amide bonds. The maximum atomic E-state index is 6.17. The van der Waals surface area contributed by atoms with Crippen molar-refractivity contribution in [2.75, 3.05) is 19.7 Å². The summed E-state index contributed by atoms with van der Waals surface area (Å²) in [7, 11) is 0. The number of fused-ring (bicyclic) bond motifs is 2. The number of hydrogen-bond acceptors (Lipinski definition) is 5. The van der Waals surface area contributed by atoms with Gasteiger partial charge in [-0.1, -0.05) is 13.0 Å². The lowest BCUT2D eigenvalue weighted by molar-refractivity contribution is 0.212. The highest BCUT2D eigenvalue weighted by Gasteiger charge is 2.26. The Bertz CT molecular complexity index is 1310. The zero-order chi connectivity index (χ0) is 22.9. The van der Waals surface area contributed by atoms with Gasteiger partial charge in [0.2, 0.25) is 0 Å². The van der Waals surface area contributed by atoms with Crippen molar-refractivity contribution >= 4 is 23.3 Å². The molecule has 3 aromatic heterocycles. The second-order valence-corrected chi connectivity index (χ2v) is 9.31. The van der Waals surface area contributed by atoms with Crippen LogP contribution in [0.4, 0.5) is 0 Å². The molecule has 1 aromatic carbocycles. The predicted octanol–water partition coefficient (Wildman–Crippen LogP) is 5.78. The Balaban J connectivity index is 0.00000253. The van der Waals surface area contributed by atoms with Crippen molar-refractivity contribution in [2.24, 2.45) is 0 Å². The van der Waals surface area contributed by atoms with E-state index in [0.717, 1.165) is 67.0 Å². The van der Waals surface area contributed by atoms with E-state index < -0.39 is 0 Å². The quantitative estimate of drug-likeness (QED) is 0.329. The van der Waals surface area contributed by atoms with Crippen molar-refractivity contribution in [1.82, 2.24) is 24.6 Å². The molecule has 0 radical (unpaired) electrons. The highest BCUT2D eigenvalue weighted by Crippen LogP contribution is 2.40. The van der Waals surface area contributed by atoms with Crippen LogP contribution in [0.3, 0.4) is 0 Å². The van der Waals surface area contributed by atoms with Crippen LogP contribution in [0, 0.1) is 0 Å². The Morgan fingerprint density at radius 2 is 1.97 bits per heavy atom. The molecule has 1 atom stereocenters. The van der Waals surface area contributed by atoms with Gasteiger partial charge in [-0.15, -0.1) is 12.4 Å². The van der Waals surface area contributed by atoms with E-state index in [9.17, 15) is 0 Å². The van der Waals surface area contributed by atoms with E-state index in [1.165, 1.54) is 36.2 Å². The molecule has 0 saturated carbocycles. The smallest absolute Gasteiger partial charge is 0.121 e. The number of halogens is 1. The molecule has 2 aliphatic heterocycles. The zero-order valence-corrected chi connectivity index (χ0v) is 21.0. The van der Waals surface area contributed by atoms with Crippen molar-refractivity contribution < 1.29 is 4.74 Å². The molecule has 2 aliphatic rings. The zero-order valence-electron chi connectivity index (χ0n) is 20.2. The van der Waals surface area contributed by atoms with Crippen molar-refractivity contribution in [3.05, 3.63) is 60.6 Å². The lowest BCUT2D eigenvalue weighted by Crippen LogP contribution is -2.30. The normalized spacial score (nSPS) is 17.5. The fraction of sp³-hybridized carbons (Fsp3) is 0.393. The molecule has 7 heteroatoms. The van der Waals surface area contributed by atoms with Gasteiger partial charge in [0.25, 0.3) is 0 Å². The van der Waals surface area contributed by atoms with Crippen LogP contribution >= 0.6 is 12.4 Å². The maximum absolute atomic E-state index is 6.17. The molecular formula is C28H32ClN5O. The number of likely N-dealkylation sites (tertiary alicyclic amines) is 1. The molecule has 0 spiro atoms. The summed E-state index contributed by atoms with van der Waals surface area (Å²) in [6.07, 6.45) is 9.58. The van der Waals surface area contributed by atoms with Gasteiger partial charge in [-0.25, -0.2) is 0 Å². The van der Waals surface area contributed by atoms with Gasteiger partial charge in [0.05, 0.1) is 17.8 Å². The first-order valence-corrected chi connectivity index (χ1v) is 12.6. The summed E-state index contributed by atoms with van der Waals surface area (Å²) in [6.45, 7) is 6.32. The lowest BCUT2D eigenvalue weighted by Gasteiger charge is -2.22. The molecule has 6 rings (SSSR count). The number of nitrogens with zero attached hydrogens (tertiary/aromatic N) is 5. The van der Waals surface area contributed by atoms with Gasteiger partial charge >= 0.3 is 0 Å². The van der Waals surface area contributed by atoms with Crippen LogP contribution < -0.4 is 4.74 Å². The summed E-state index contributed by atoms with van der Waals surface area (Å²) in [5.74, 6) is 0.892. The van der Waals surface area contributed by atoms with E-state index in [4.69, 9.17) is 9.84 Å². The number of aryl methyl sites for hydroxylation is 1. The monoisotopic (exact) mass is 489 g/mol. The Morgan fingerprint density at radius 3 is 2.83 bits per heavy atom. The third-order valence-corrected chi connectivity index (χ3v) is 7.36. The molecule has 1 fully saturated rings. The molecule has 1 unspecified atom stereocenters. The van der Waals surface area contributed by atoms with Gasteiger partial charge in [0.1, 0.15) is 11.4 Å². The minimum atomic E-state index is 0. The van der Waals surface area contributed by atoms with Gasteiger partial charge in [-0.3, -0.25) is 14.6 Å². The molecule has 4 aromatic rings. The first kappa shape index (κ1) is 23.8. The molecule has 35 heavy (non-hydrogen) atoms. The Morgan fingerprint density at radius 1 is 1.03 bits per heavy atom. The van der Waals surface area contributed by atoms with Gasteiger partial charge in [-0.05, 0) is 81.1 Å². The molecule has 1 saturated heterocycles. The van der Waals surface area contributed by atoms with Crippen LogP contribution in [0.2, 0.25) is 0 Å². The average Bonchev–Trinajstić information content (AvgIpc) is 3.60. The van der Waals surface area contributed by atoms with Crippen molar-refractivity contribution in [1.29, 1.82) is 0 Å². The van der Waals surface area contributed by atoms with Crippen molar-refractivity contribution in [3.8, 4) is 28.3 Å². The first-order valence-electron chi connectivity index (χ1n) is 12.6. The fourth-order valence-corrected chi connectivity index (χ4v) is 5.68. The number of pyridine rings is 2. The van der Waals surface area contributed by atoms with Gasteiger partial charge in [-0.2, -0.15) is 5.10 Å². The maximum Gasteiger partial charge on any atom is 0.121 e. The first-order chi connectivity index (χ1) is 16.8. The van der Waals surface area contributed by atoms with E-state index in [1.807, 2.05) is 30.6 Å². The summed E-state index contributed by atoms with van der Waals surface area (Å²) >= 11 is 0. The van der Waals surface area contributed by atoms with Crippen LogP contribution in [0.25, 0.3) is 33.4 Å². The largest absolute Gasteiger partial charge is 0.493 e. The van der Waals surface area contributed by atoms with Crippen molar-refractivity contribution in [3.63, 3.8) is 0 Å². The minimum Gasteiger partial charge on any atom is -0.493 e. The van der Waals surface area contributed by atoms with Crippen LogP contribution in [0.1, 0.15) is 38.3 Å². The number of aromatic nitrogens is 4.